The molecule has 5 heteroatoms. The molecule has 0 saturated carbocycles. The molecule has 4 nitrogen and oxygen atoms in total. The molecule has 0 N–H and O–H groups in total. The maximum atomic E-state index is 14.1. The van der Waals surface area contributed by atoms with Crippen LogP contribution in [0.15, 0.2) is 66.7 Å². The summed E-state index contributed by atoms with van der Waals surface area (Å²) in [7, 11) is -0.255. The smallest absolute Gasteiger partial charge is 0.311 e. The largest absolute Gasteiger partial charge is 0.497 e. The van der Waals surface area contributed by atoms with Crippen LogP contribution >= 0.6 is 7.37 Å². The van der Waals surface area contributed by atoms with Gasteiger partial charge in [0.2, 0.25) is 0 Å². The SMILES string of the molecule is COc1ccc(OC)c(P2(=O)Oc3ccccc3-c3ccccc32)c1. The van der Waals surface area contributed by atoms with Crippen LogP contribution in [0.3, 0.4) is 0 Å². The standard InChI is InChI=1S/C20H17O4P/c1-22-14-11-12-18(23-2)20(13-14)25(21)19-10-6-4-8-16(19)15-7-3-5-9-17(15)24-25/h3-13H,1-2H3. The summed E-state index contributed by atoms with van der Waals surface area (Å²) in [4.78, 5) is 0. The Bertz CT molecular complexity index is 996. The van der Waals surface area contributed by atoms with Crippen LogP contribution in [0, 0.1) is 0 Å². The molecule has 3 aromatic carbocycles. The summed E-state index contributed by atoms with van der Waals surface area (Å²) in [5, 5.41) is 1.16. The fourth-order valence-electron chi connectivity index (χ4n) is 3.12. The lowest BCUT2D eigenvalue weighted by molar-refractivity contribution is 0.404. The van der Waals surface area contributed by atoms with Gasteiger partial charge in [-0.2, -0.15) is 0 Å². The molecule has 4 rings (SSSR count). The average Bonchev–Trinajstić information content (AvgIpc) is 2.67. The summed E-state index contributed by atoms with van der Waals surface area (Å²) in [6.07, 6.45) is 0. The number of hydrogen-bond donors (Lipinski definition) is 0. The van der Waals surface area contributed by atoms with Gasteiger partial charge >= 0.3 is 7.37 Å². The predicted molar refractivity (Wildman–Crippen MR) is 98.9 cm³/mol. The lowest BCUT2D eigenvalue weighted by Gasteiger charge is -2.29. The molecule has 1 unspecified atom stereocenters. The number of methoxy groups -OCH3 is 2. The van der Waals surface area contributed by atoms with E-state index in [2.05, 4.69) is 0 Å². The first kappa shape index (κ1) is 15.8. The summed E-state index contributed by atoms with van der Waals surface area (Å²) < 4.78 is 31.0. The fourth-order valence-corrected chi connectivity index (χ4v) is 5.56. The van der Waals surface area contributed by atoms with Crippen molar-refractivity contribution in [3.8, 4) is 28.4 Å². The van der Waals surface area contributed by atoms with Crippen LogP contribution in [0.2, 0.25) is 0 Å². The predicted octanol–water partition coefficient (Wildman–Crippen LogP) is 3.99. The molecule has 0 spiro atoms. The molecule has 0 bridgehead atoms. The number of fused-ring (bicyclic) bond motifs is 3. The van der Waals surface area contributed by atoms with Crippen molar-refractivity contribution < 1.29 is 18.6 Å². The van der Waals surface area contributed by atoms with Crippen molar-refractivity contribution in [3.05, 3.63) is 66.7 Å². The van der Waals surface area contributed by atoms with Gasteiger partial charge in [-0.25, -0.2) is 0 Å². The monoisotopic (exact) mass is 352 g/mol. The Hall–Kier alpha value is -2.71. The molecule has 1 atom stereocenters. The second kappa shape index (κ2) is 5.98. The zero-order valence-corrected chi connectivity index (χ0v) is 14.8. The van der Waals surface area contributed by atoms with Crippen LogP contribution < -0.4 is 24.6 Å². The van der Waals surface area contributed by atoms with Crippen molar-refractivity contribution in [1.29, 1.82) is 0 Å². The minimum atomic E-state index is -3.39. The number of para-hydroxylation sites is 1. The van der Waals surface area contributed by atoms with E-state index in [1.807, 2.05) is 48.5 Å². The first-order chi connectivity index (χ1) is 12.2. The van der Waals surface area contributed by atoms with Crippen LogP contribution in [0.1, 0.15) is 0 Å². The number of hydrogen-bond acceptors (Lipinski definition) is 4. The number of benzene rings is 3. The fraction of sp³-hybridized carbons (Fsp3) is 0.100. The average molecular weight is 352 g/mol. The molecule has 0 aromatic heterocycles. The maximum Gasteiger partial charge on any atom is 0.311 e. The molecule has 1 aliphatic rings. The molecule has 0 saturated heterocycles. The molecule has 126 valence electrons. The molecule has 25 heavy (non-hydrogen) atoms. The van der Waals surface area contributed by atoms with Crippen molar-refractivity contribution in [2.24, 2.45) is 0 Å². The van der Waals surface area contributed by atoms with Gasteiger partial charge in [-0.1, -0.05) is 36.4 Å². The summed E-state index contributed by atoms with van der Waals surface area (Å²) in [6, 6.07) is 20.5. The molecule has 3 aromatic rings. The highest BCUT2D eigenvalue weighted by Crippen LogP contribution is 2.55. The summed E-state index contributed by atoms with van der Waals surface area (Å²) in [6.45, 7) is 0. The number of rotatable bonds is 3. The van der Waals surface area contributed by atoms with E-state index < -0.39 is 7.37 Å². The van der Waals surface area contributed by atoms with E-state index in [9.17, 15) is 4.57 Å². The second-order valence-electron chi connectivity index (χ2n) is 5.69. The van der Waals surface area contributed by atoms with Crippen molar-refractivity contribution in [2.75, 3.05) is 14.2 Å². The van der Waals surface area contributed by atoms with Gasteiger partial charge in [0.05, 0.1) is 24.8 Å². The Balaban J connectivity index is 2.02. The first-order valence-corrected chi connectivity index (χ1v) is 9.51. The van der Waals surface area contributed by atoms with E-state index in [-0.39, 0.29) is 0 Å². The lowest BCUT2D eigenvalue weighted by atomic mass is 10.0. The van der Waals surface area contributed by atoms with E-state index in [1.165, 1.54) is 0 Å². The Morgan fingerprint density at radius 3 is 2.28 bits per heavy atom. The Morgan fingerprint density at radius 2 is 1.52 bits per heavy atom. The van der Waals surface area contributed by atoms with Gasteiger partial charge in [0.15, 0.2) is 0 Å². The second-order valence-corrected chi connectivity index (χ2v) is 7.94. The van der Waals surface area contributed by atoms with Crippen LogP contribution in [0.5, 0.6) is 17.2 Å². The van der Waals surface area contributed by atoms with E-state index in [0.29, 0.717) is 27.9 Å². The van der Waals surface area contributed by atoms with E-state index in [0.717, 1.165) is 11.1 Å². The van der Waals surface area contributed by atoms with Gasteiger partial charge < -0.3 is 14.0 Å². The minimum absolute atomic E-state index is 0.497. The molecule has 1 heterocycles. The third-order valence-corrected chi connectivity index (χ3v) is 6.79. The Kier molecular flexibility index (Phi) is 3.78. The molecule has 0 amide bonds. The third-order valence-electron chi connectivity index (χ3n) is 4.33. The quantitative estimate of drug-likeness (QED) is 0.669. The maximum absolute atomic E-state index is 14.1. The van der Waals surface area contributed by atoms with Gasteiger partial charge in [0.25, 0.3) is 0 Å². The topological polar surface area (TPSA) is 44.8 Å². The van der Waals surface area contributed by atoms with Crippen molar-refractivity contribution in [2.45, 2.75) is 0 Å². The van der Waals surface area contributed by atoms with Crippen LogP contribution in [0.25, 0.3) is 11.1 Å². The third kappa shape index (κ3) is 2.41. The minimum Gasteiger partial charge on any atom is -0.497 e. The van der Waals surface area contributed by atoms with Crippen molar-refractivity contribution in [1.82, 2.24) is 0 Å². The highest BCUT2D eigenvalue weighted by molar-refractivity contribution is 7.75. The molecular weight excluding hydrogens is 335 g/mol. The van der Waals surface area contributed by atoms with Crippen LogP contribution in [0.4, 0.5) is 0 Å². The lowest BCUT2D eigenvalue weighted by Crippen LogP contribution is -2.26. The van der Waals surface area contributed by atoms with Crippen LogP contribution in [-0.4, -0.2) is 14.2 Å². The first-order valence-electron chi connectivity index (χ1n) is 7.88. The van der Waals surface area contributed by atoms with E-state index in [1.54, 1.807) is 32.4 Å². The normalized spacial score (nSPS) is 17.8. The van der Waals surface area contributed by atoms with E-state index >= 15 is 0 Å². The van der Waals surface area contributed by atoms with Gasteiger partial charge in [-0.3, -0.25) is 4.57 Å². The van der Waals surface area contributed by atoms with Gasteiger partial charge in [0, 0.05) is 5.56 Å². The molecule has 0 radical (unpaired) electrons. The van der Waals surface area contributed by atoms with E-state index in [4.69, 9.17) is 14.0 Å². The van der Waals surface area contributed by atoms with Crippen LogP contribution in [-0.2, 0) is 4.57 Å². The molecule has 0 aliphatic carbocycles. The summed E-state index contributed by atoms with van der Waals surface area (Å²) in [5.41, 5.74) is 1.85. The van der Waals surface area contributed by atoms with Gasteiger partial charge in [-0.05, 0) is 35.9 Å². The Labute approximate surface area is 146 Å². The summed E-state index contributed by atoms with van der Waals surface area (Å²) >= 11 is 0. The van der Waals surface area contributed by atoms with Gasteiger partial charge in [-0.15, -0.1) is 0 Å². The molecule has 0 fully saturated rings. The summed E-state index contributed by atoms with van der Waals surface area (Å²) in [5.74, 6) is 1.72. The molecule has 1 aliphatic heterocycles. The Morgan fingerprint density at radius 1 is 0.800 bits per heavy atom. The molecular formula is C20H17O4P. The zero-order valence-electron chi connectivity index (χ0n) is 13.9. The highest BCUT2D eigenvalue weighted by Gasteiger charge is 2.40. The highest BCUT2D eigenvalue weighted by atomic mass is 31.2. The van der Waals surface area contributed by atoms with Crippen molar-refractivity contribution in [3.63, 3.8) is 0 Å². The van der Waals surface area contributed by atoms with Crippen molar-refractivity contribution >= 4 is 18.0 Å². The number of ether oxygens (including phenoxy) is 2. The van der Waals surface area contributed by atoms with Gasteiger partial charge in [0.1, 0.15) is 17.2 Å². The zero-order chi connectivity index (χ0) is 17.4.